The maximum atomic E-state index is 12.0. The molecule has 1 atom stereocenters. The summed E-state index contributed by atoms with van der Waals surface area (Å²) in [5, 5.41) is 0. The first-order valence-electron chi connectivity index (χ1n) is 7.81. The largest absolute Gasteiger partial charge is 0.451 e. The SMILES string of the molecule is CC(=O)[C@H](C)OC(=O)c1ccc(CSc2nc3ccccc3s2)cc1. The Kier molecular flexibility index (Phi) is 5.50. The Hall–Kier alpha value is -2.18. The molecule has 4 nitrogen and oxygen atoms in total. The van der Waals surface area contributed by atoms with Crippen molar-refractivity contribution in [3.05, 3.63) is 59.7 Å². The first-order chi connectivity index (χ1) is 12.0. The molecule has 0 saturated heterocycles. The lowest BCUT2D eigenvalue weighted by molar-refractivity contribution is -0.124. The van der Waals surface area contributed by atoms with Crippen LogP contribution in [0.25, 0.3) is 10.2 Å². The molecule has 0 bridgehead atoms. The normalized spacial score (nSPS) is 12.1. The van der Waals surface area contributed by atoms with Gasteiger partial charge in [-0.1, -0.05) is 36.0 Å². The number of ketones is 1. The van der Waals surface area contributed by atoms with E-state index in [2.05, 4.69) is 11.1 Å². The Bertz CT molecular complexity index is 869. The van der Waals surface area contributed by atoms with Crippen LogP contribution < -0.4 is 0 Å². The van der Waals surface area contributed by atoms with Crippen LogP contribution in [0.2, 0.25) is 0 Å². The van der Waals surface area contributed by atoms with E-state index in [0.29, 0.717) is 5.56 Å². The smallest absolute Gasteiger partial charge is 0.338 e. The van der Waals surface area contributed by atoms with Crippen molar-refractivity contribution >= 4 is 45.1 Å². The highest BCUT2D eigenvalue weighted by Gasteiger charge is 2.15. The van der Waals surface area contributed by atoms with E-state index in [1.165, 1.54) is 11.6 Å². The number of ether oxygens (including phenoxy) is 1. The summed E-state index contributed by atoms with van der Waals surface area (Å²) in [6.45, 7) is 2.98. The molecule has 2 aromatic carbocycles. The Morgan fingerprint density at radius 3 is 2.56 bits per heavy atom. The summed E-state index contributed by atoms with van der Waals surface area (Å²) in [4.78, 5) is 27.7. The Morgan fingerprint density at radius 1 is 1.16 bits per heavy atom. The number of thiazole rings is 1. The molecule has 6 heteroatoms. The van der Waals surface area contributed by atoms with Crippen molar-refractivity contribution in [2.24, 2.45) is 0 Å². The van der Waals surface area contributed by atoms with Gasteiger partial charge >= 0.3 is 5.97 Å². The molecule has 0 radical (unpaired) electrons. The fraction of sp³-hybridized carbons (Fsp3) is 0.211. The number of thioether (sulfide) groups is 1. The van der Waals surface area contributed by atoms with Gasteiger partial charge in [-0.15, -0.1) is 11.3 Å². The van der Waals surface area contributed by atoms with Crippen LogP contribution in [0.3, 0.4) is 0 Å². The van der Waals surface area contributed by atoms with E-state index in [0.717, 1.165) is 21.2 Å². The summed E-state index contributed by atoms with van der Waals surface area (Å²) in [6, 6.07) is 15.3. The van der Waals surface area contributed by atoms with Crippen molar-refractivity contribution < 1.29 is 14.3 Å². The lowest BCUT2D eigenvalue weighted by Gasteiger charge is -2.10. The Morgan fingerprint density at radius 2 is 1.88 bits per heavy atom. The third-order valence-corrected chi connectivity index (χ3v) is 5.93. The molecule has 0 aliphatic rings. The Balaban J connectivity index is 1.60. The number of nitrogens with zero attached hydrogens (tertiary/aromatic N) is 1. The minimum Gasteiger partial charge on any atom is -0.451 e. The number of benzene rings is 2. The summed E-state index contributed by atoms with van der Waals surface area (Å²) in [6.07, 6.45) is -0.721. The van der Waals surface area contributed by atoms with Crippen LogP contribution in [0.5, 0.6) is 0 Å². The van der Waals surface area contributed by atoms with Crippen LogP contribution in [0, 0.1) is 0 Å². The van der Waals surface area contributed by atoms with Crippen LogP contribution in [-0.2, 0) is 15.3 Å². The highest BCUT2D eigenvalue weighted by molar-refractivity contribution is 8.00. The second kappa shape index (κ2) is 7.80. The highest BCUT2D eigenvalue weighted by atomic mass is 32.2. The molecule has 0 fully saturated rings. The van der Waals surface area contributed by atoms with Crippen molar-refractivity contribution in [1.82, 2.24) is 4.98 Å². The third-order valence-electron chi connectivity index (χ3n) is 3.68. The molecule has 0 unspecified atom stereocenters. The molecular formula is C19H17NO3S2. The van der Waals surface area contributed by atoms with E-state index < -0.39 is 12.1 Å². The quantitative estimate of drug-likeness (QED) is 0.463. The molecule has 0 saturated carbocycles. The van der Waals surface area contributed by atoms with E-state index in [4.69, 9.17) is 4.74 Å². The summed E-state index contributed by atoms with van der Waals surface area (Å²) in [7, 11) is 0. The summed E-state index contributed by atoms with van der Waals surface area (Å²) in [5.74, 6) is 0.129. The third kappa shape index (κ3) is 4.46. The lowest BCUT2D eigenvalue weighted by atomic mass is 10.1. The van der Waals surface area contributed by atoms with Gasteiger partial charge in [0.2, 0.25) is 0 Å². The minimum absolute atomic E-state index is 0.169. The van der Waals surface area contributed by atoms with Crippen molar-refractivity contribution in [3.8, 4) is 0 Å². The van der Waals surface area contributed by atoms with E-state index in [1.54, 1.807) is 42.2 Å². The highest BCUT2D eigenvalue weighted by Crippen LogP contribution is 2.31. The second-order valence-corrected chi connectivity index (χ2v) is 7.84. The van der Waals surface area contributed by atoms with Crippen LogP contribution in [0.15, 0.2) is 52.9 Å². The molecule has 1 heterocycles. The first-order valence-corrected chi connectivity index (χ1v) is 9.62. The van der Waals surface area contributed by atoms with Gasteiger partial charge in [0.1, 0.15) is 0 Å². The van der Waals surface area contributed by atoms with Gasteiger partial charge in [-0.3, -0.25) is 4.79 Å². The standard InChI is InChI=1S/C19H17NO3S2/c1-12(21)13(2)23-18(22)15-9-7-14(8-10-15)11-24-19-20-16-5-3-4-6-17(16)25-19/h3-10,13H,11H2,1-2H3/t13-/m0/s1. The average molecular weight is 371 g/mol. The fourth-order valence-electron chi connectivity index (χ4n) is 2.11. The number of hydrogen-bond acceptors (Lipinski definition) is 6. The molecule has 25 heavy (non-hydrogen) atoms. The van der Waals surface area contributed by atoms with E-state index in [-0.39, 0.29) is 5.78 Å². The van der Waals surface area contributed by atoms with Crippen LogP contribution in [0.1, 0.15) is 29.8 Å². The average Bonchev–Trinajstić information content (AvgIpc) is 3.03. The number of fused-ring (bicyclic) bond motifs is 1. The topological polar surface area (TPSA) is 56.3 Å². The zero-order valence-electron chi connectivity index (χ0n) is 13.9. The Labute approximate surface area is 154 Å². The van der Waals surface area contributed by atoms with Gasteiger partial charge < -0.3 is 4.74 Å². The monoisotopic (exact) mass is 371 g/mol. The molecule has 0 aliphatic heterocycles. The number of para-hydroxylation sites is 1. The van der Waals surface area contributed by atoms with Gasteiger partial charge in [0.15, 0.2) is 16.2 Å². The number of carbonyl (C=O) groups excluding carboxylic acids is 2. The van der Waals surface area contributed by atoms with Crippen molar-refractivity contribution in [3.63, 3.8) is 0 Å². The van der Waals surface area contributed by atoms with Gasteiger partial charge in [-0.2, -0.15) is 0 Å². The predicted octanol–water partition coefficient (Wildman–Crippen LogP) is 4.72. The number of Topliss-reactive ketones (excluding diaryl/α,β-unsaturated/α-hetero) is 1. The zero-order valence-corrected chi connectivity index (χ0v) is 15.5. The molecule has 128 valence electrons. The van der Waals surface area contributed by atoms with Crippen LogP contribution in [0.4, 0.5) is 0 Å². The van der Waals surface area contributed by atoms with E-state index in [1.807, 2.05) is 30.3 Å². The predicted molar refractivity (Wildman–Crippen MR) is 101 cm³/mol. The van der Waals surface area contributed by atoms with Gasteiger partial charge in [0, 0.05) is 5.75 Å². The molecule has 1 aromatic heterocycles. The summed E-state index contributed by atoms with van der Waals surface area (Å²) >= 11 is 3.35. The molecule has 0 amide bonds. The summed E-state index contributed by atoms with van der Waals surface area (Å²) < 4.78 is 7.31. The lowest BCUT2D eigenvalue weighted by Crippen LogP contribution is -2.21. The van der Waals surface area contributed by atoms with Crippen molar-refractivity contribution in [2.45, 2.75) is 30.0 Å². The van der Waals surface area contributed by atoms with Gasteiger partial charge in [-0.05, 0) is 43.7 Å². The molecular weight excluding hydrogens is 354 g/mol. The minimum atomic E-state index is -0.721. The molecule has 0 aliphatic carbocycles. The second-order valence-electron chi connectivity index (χ2n) is 5.59. The van der Waals surface area contributed by atoms with E-state index in [9.17, 15) is 9.59 Å². The van der Waals surface area contributed by atoms with Crippen molar-refractivity contribution in [1.29, 1.82) is 0 Å². The van der Waals surface area contributed by atoms with Crippen molar-refractivity contribution in [2.75, 3.05) is 0 Å². The number of rotatable bonds is 6. The maximum absolute atomic E-state index is 12.0. The number of carbonyl (C=O) groups is 2. The first kappa shape index (κ1) is 17.6. The van der Waals surface area contributed by atoms with Gasteiger partial charge in [0.25, 0.3) is 0 Å². The number of aromatic nitrogens is 1. The zero-order chi connectivity index (χ0) is 17.8. The van der Waals surface area contributed by atoms with Gasteiger partial charge in [-0.25, -0.2) is 9.78 Å². The summed E-state index contributed by atoms with van der Waals surface area (Å²) in [5.41, 5.74) is 2.56. The van der Waals surface area contributed by atoms with Gasteiger partial charge in [0.05, 0.1) is 15.8 Å². The van der Waals surface area contributed by atoms with Crippen LogP contribution >= 0.6 is 23.1 Å². The number of esters is 1. The van der Waals surface area contributed by atoms with Crippen LogP contribution in [-0.4, -0.2) is 22.8 Å². The fourth-order valence-corrected chi connectivity index (χ4v) is 4.13. The maximum Gasteiger partial charge on any atom is 0.338 e. The number of hydrogen-bond donors (Lipinski definition) is 0. The van der Waals surface area contributed by atoms with E-state index >= 15 is 0 Å². The molecule has 3 rings (SSSR count). The molecule has 0 spiro atoms. The molecule has 0 N–H and O–H groups in total. The molecule has 3 aromatic rings.